The average molecular weight is 319 g/mol. The van der Waals surface area contributed by atoms with Gasteiger partial charge in [-0.2, -0.15) is 0 Å². The predicted octanol–water partition coefficient (Wildman–Crippen LogP) is 3.67. The van der Waals surface area contributed by atoms with Gasteiger partial charge in [-0.15, -0.1) is 0 Å². The molecule has 110 valence electrons. The van der Waals surface area contributed by atoms with Gasteiger partial charge in [-0.25, -0.2) is 0 Å². The Labute approximate surface area is 127 Å². The van der Waals surface area contributed by atoms with E-state index in [0.717, 1.165) is 19.5 Å². The van der Waals surface area contributed by atoms with Gasteiger partial charge in [0, 0.05) is 12.1 Å². The van der Waals surface area contributed by atoms with Gasteiger partial charge in [-0.3, -0.25) is 10.1 Å². The Hall–Kier alpha value is -1.04. The maximum atomic E-state index is 10.7. The molecule has 1 heterocycles. The summed E-state index contributed by atoms with van der Waals surface area (Å²) in [5.74, 6) is 0.919. The van der Waals surface area contributed by atoms with Gasteiger partial charge in [0.05, 0.1) is 21.6 Å². The second-order valence-electron chi connectivity index (χ2n) is 4.85. The Kier molecular flexibility index (Phi) is 5.46. The van der Waals surface area contributed by atoms with Crippen LogP contribution in [0.5, 0.6) is 5.75 Å². The normalized spacial score (nSPS) is 18.8. The van der Waals surface area contributed by atoms with Gasteiger partial charge in [-0.1, -0.05) is 23.2 Å². The summed E-state index contributed by atoms with van der Waals surface area (Å²) in [5.41, 5.74) is -0.135. The Bertz CT molecular complexity index is 467. The van der Waals surface area contributed by atoms with E-state index in [1.165, 1.54) is 25.0 Å². The number of halogens is 2. The summed E-state index contributed by atoms with van der Waals surface area (Å²) >= 11 is 11.9. The summed E-state index contributed by atoms with van der Waals surface area (Å²) < 4.78 is 5.59. The molecular formula is C13H16Cl2N2O3. The first-order chi connectivity index (χ1) is 9.58. The summed E-state index contributed by atoms with van der Waals surface area (Å²) in [6.07, 6.45) is 3.29. The first-order valence-corrected chi connectivity index (χ1v) is 7.30. The van der Waals surface area contributed by atoms with Crippen LogP contribution < -0.4 is 10.1 Å². The van der Waals surface area contributed by atoms with E-state index < -0.39 is 4.92 Å². The molecule has 0 amide bonds. The molecule has 0 saturated carbocycles. The van der Waals surface area contributed by atoms with Gasteiger partial charge in [0.15, 0.2) is 5.75 Å². The van der Waals surface area contributed by atoms with Crippen molar-refractivity contribution in [3.8, 4) is 5.75 Å². The van der Waals surface area contributed by atoms with Gasteiger partial charge in [0.2, 0.25) is 0 Å². The smallest absolute Gasteiger partial charge is 0.272 e. The molecular weight excluding hydrogens is 303 g/mol. The molecule has 1 aromatic rings. The van der Waals surface area contributed by atoms with Crippen molar-refractivity contribution in [2.45, 2.75) is 19.3 Å². The molecule has 2 rings (SSSR count). The average Bonchev–Trinajstić information content (AvgIpc) is 2.42. The summed E-state index contributed by atoms with van der Waals surface area (Å²) in [5, 5.41) is 14.4. The quantitative estimate of drug-likeness (QED) is 0.664. The molecule has 0 aromatic heterocycles. The number of nitro benzene ring substituents is 1. The number of nitrogens with one attached hydrogen (secondary N) is 1. The van der Waals surface area contributed by atoms with Crippen LogP contribution in [-0.2, 0) is 0 Å². The van der Waals surface area contributed by atoms with Gasteiger partial charge in [-0.05, 0) is 38.3 Å². The number of hydrogen-bond acceptors (Lipinski definition) is 4. The third-order valence-corrected chi connectivity index (χ3v) is 3.93. The summed E-state index contributed by atoms with van der Waals surface area (Å²) in [7, 11) is 0. The van der Waals surface area contributed by atoms with Crippen LogP contribution in [0, 0.1) is 16.0 Å². The fourth-order valence-corrected chi connectivity index (χ4v) is 2.87. The molecule has 1 saturated heterocycles. The molecule has 1 unspecified atom stereocenters. The fraction of sp³-hybridized carbons (Fsp3) is 0.538. The van der Waals surface area contributed by atoms with Crippen molar-refractivity contribution in [1.82, 2.24) is 5.32 Å². The Morgan fingerprint density at radius 2 is 2.10 bits per heavy atom. The summed E-state index contributed by atoms with van der Waals surface area (Å²) in [6, 6.07) is 2.51. The molecule has 0 aliphatic carbocycles. The summed E-state index contributed by atoms with van der Waals surface area (Å²) in [6.45, 7) is 2.59. The first kappa shape index (κ1) is 15.4. The molecule has 0 spiro atoms. The van der Waals surface area contributed by atoms with Crippen LogP contribution in [0.25, 0.3) is 0 Å². The lowest BCUT2D eigenvalue weighted by molar-refractivity contribution is -0.384. The number of piperidine rings is 1. The van der Waals surface area contributed by atoms with Crippen molar-refractivity contribution in [2.75, 3.05) is 19.7 Å². The van der Waals surface area contributed by atoms with E-state index in [0.29, 0.717) is 18.3 Å². The van der Waals surface area contributed by atoms with Crippen LogP contribution in [-0.4, -0.2) is 24.6 Å². The number of benzene rings is 1. The SMILES string of the molecule is O=[N+]([O-])c1cc(Cl)c(OCCC2CCCNC2)c(Cl)c1. The minimum absolute atomic E-state index is 0.135. The molecule has 1 aliphatic heterocycles. The number of ether oxygens (including phenoxy) is 1. The standard InChI is InChI=1S/C13H16Cl2N2O3/c14-11-6-10(17(18)19)7-12(15)13(11)20-5-3-9-2-1-4-16-8-9/h6-7,9,16H,1-5,8H2. The molecule has 1 aromatic carbocycles. The number of rotatable bonds is 5. The first-order valence-electron chi connectivity index (χ1n) is 6.55. The van der Waals surface area contributed by atoms with Crippen LogP contribution in [0.1, 0.15) is 19.3 Å². The maximum absolute atomic E-state index is 10.7. The number of non-ortho nitro benzene ring substituents is 1. The minimum atomic E-state index is -0.533. The molecule has 5 nitrogen and oxygen atoms in total. The van der Waals surface area contributed by atoms with E-state index in [1.54, 1.807) is 0 Å². The van der Waals surface area contributed by atoms with Crippen LogP contribution >= 0.6 is 23.2 Å². The third-order valence-electron chi connectivity index (χ3n) is 3.37. The highest BCUT2D eigenvalue weighted by Gasteiger charge is 2.17. The molecule has 1 N–H and O–H groups in total. The molecule has 1 aliphatic rings. The lowest BCUT2D eigenvalue weighted by Crippen LogP contribution is -2.30. The Balaban J connectivity index is 1.93. The van der Waals surface area contributed by atoms with Crippen molar-refractivity contribution in [1.29, 1.82) is 0 Å². The Morgan fingerprint density at radius 3 is 2.65 bits per heavy atom. The number of nitro groups is 1. The minimum Gasteiger partial charge on any atom is -0.490 e. The molecule has 0 bridgehead atoms. The lowest BCUT2D eigenvalue weighted by atomic mass is 9.97. The van der Waals surface area contributed by atoms with Crippen molar-refractivity contribution in [2.24, 2.45) is 5.92 Å². The van der Waals surface area contributed by atoms with E-state index >= 15 is 0 Å². The van der Waals surface area contributed by atoms with Crippen LogP contribution in [0.15, 0.2) is 12.1 Å². The van der Waals surface area contributed by atoms with Crippen molar-refractivity contribution in [3.05, 3.63) is 32.3 Å². The molecule has 20 heavy (non-hydrogen) atoms. The molecule has 1 fully saturated rings. The second-order valence-corrected chi connectivity index (χ2v) is 5.66. The van der Waals surface area contributed by atoms with Gasteiger partial charge in [0.25, 0.3) is 5.69 Å². The molecule has 1 atom stereocenters. The van der Waals surface area contributed by atoms with Gasteiger partial charge < -0.3 is 10.1 Å². The van der Waals surface area contributed by atoms with E-state index in [-0.39, 0.29) is 15.7 Å². The largest absolute Gasteiger partial charge is 0.490 e. The highest BCUT2D eigenvalue weighted by Crippen LogP contribution is 2.36. The summed E-state index contributed by atoms with van der Waals surface area (Å²) in [4.78, 5) is 10.1. The van der Waals surface area contributed by atoms with Crippen molar-refractivity contribution < 1.29 is 9.66 Å². The second kappa shape index (κ2) is 7.11. The van der Waals surface area contributed by atoms with Gasteiger partial charge in [0.1, 0.15) is 0 Å². The zero-order valence-corrected chi connectivity index (χ0v) is 12.4. The molecule has 0 radical (unpaired) electrons. The zero-order chi connectivity index (χ0) is 14.5. The fourth-order valence-electron chi connectivity index (χ4n) is 2.29. The highest BCUT2D eigenvalue weighted by atomic mass is 35.5. The van der Waals surface area contributed by atoms with Crippen LogP contribution in [0.4, 0.5) is 5.69 Å². The monoisotopic (exact) mass is 318 g/mol. The van der Waals surface area contributed by atoms with Crippen molar-refractivity contribution >= 4 is 28.9 Å². The topological polar surface area (TPSA) is 64.4 Å². The van der Waals surface area contributed by atoms with E-state index in [2.05, 4.69) is 5.32 Å². The van der Waals surface area contributed by atoms with Crippen molar-refractivity contribution in [3.63, 3.8) is 0 Å². The van der Waals surface area contributed by atoms with E-state index in [1.807, 2.05) is 0 Å². The van der Waals surface area contributed by atoms with E-state index in [4.69, 9.17) is 27.9 Å². The van der Waals surface area contributed by atoms with Gasteiger partial charge >= 0.3 is 0 Å². The predicted molar refractivity (Wildman–Crippen MR) is 78.8 cm³/mol. The third kappa shape index (κ3) is 3.98. The van der Waals surface area contributed by atoms with Crippen LogP contribution in [0.3, 0.4) is 0 Å². The molecule has 7 heteroatoms. The van der Waals surface area contributed by atoms with Crippen LogP contribution in [0.2, 0.25) is 10.0 Å². The Morgan fingerprint density at radius 1 is 1.40 bits per heavy atom. The maximum Gasteiger partial charge on any atom is 0.272 e. The van der Waals surface area contributed by atoms with E-state index in [9.17, 15) is 10.1 Å². The zero-order valence-electron chi connectivity index (χ0n) is 10.9. The number of nitrogens with zero attached hydrogens (tertiary/aromatic N) is 1. The number of hydrogen-bond donors (Lipinski definition) is 1. The lowest BCUT2D eigenvalue weighted by Gasteiger charge is -2.22. The highest BCUT2D eigenvalue weighted by molar-refractivity contribution is 6.37.